The van der Waals surface area contributed by atoms with Crippen LogP contribution in [-0.4, -0.2) is 53.6 Å². The lowest BCUT2D eigenvalue weighted by Crippen LogP contribution is -2.39. The first-order valence-electron chi connectivity index (χ1n) is 6.53. The van der Waals surface area contributed by atoms with Crippen molar-refractivity contribution < 1.29 is 13.2 Å². The van der Waals surface area contributed by atoms with Crippen LogP contribution in [-0.2, 0) is 21.4 Å². The van der Waals surface area contributed by atoms with Crippen LogP contribution >= 0.6 is 15.9 Å². The molecule has 1 aromatic heterocycles. The SMILES string of the molecule is O=C(Cn1cc(Br)c(=O)[nH]c1=O)NCCN1CCCS1(=O)=O. The molecule has 0 aliphatic carbocycles. The highest BCUT2D eigenvalue weighted by atomic mass is 79.9. The smallest absolute Gasteiger partial charge is 0.328 e. The number of nitrogens with zero attached hydrogens (tertiary/aromatic N) is 2. The molecule has 0 spiro atoms. The highest BCUT2D eigenvalue weighted by molar-refractivity contribution is 9.10. The highest BCUT2D eigenvalue weighted by Crippen LogP contribution is 2.11. The number of aromatic nitrogens is 2. The molecular weight excluding hydrogens is 380 g/mol. The zero-order chi connectivity index (χ0) is 16.3. The van der Waals surface area contributed by atoms with Gasteiger partial charge in [-0.1, -0.05) is 0 Å². The Balaban J connectivity index is 1.88. The van der Waals surface area contributed by atoms with E-state index in [0.717, 1.165) is 4.57 Å². The van der Waals surface area contributed by atoms with Crippen molar-refractivity contribution in [2.24, 2.45) is 0 Å². The predicted molar refractivity (Wildman–Crippen MR) is 82.0 cm³/mol. The number of halogens is 1. The summed E-state index contributed by atoms with van der Waals surface area (Å²) < 4.78 is 25.7. The molecule has 1 amide bonds. The molecule has 0 radical (unpaired) electrons. The van der Waals surface area contributed by atoms with Gasteiger partial charge in [0.2, 0.25) is 15.9 Å². The zero-order valence-corrected chi connectivity index (χ0v) is 13.9. The first-order chi connectivity index (χ1) is 10.3. The average Bonchev–Trinajstić information content (AvgIpc) is 2.75. The molecule has 9 nitrogen and oxygen atoms in total. The number of carbonyl (C=O) groups excluding carboxylic acids is 1. The fraction of sp³-hybridized carbons (Fsp3) is 0.545. The van der Waals surface area contributed by atoms with E-state index in [1.165, 1.54) is 10.5 Å². The third-order valence-electron chi connectivity index (χ3n) is 3.17. The molecule has 1 aliphatic heterocycles. The maximum atomic E-state index is 11.7. The third-order valence-corrected chi connectivity index (χ3v) is 5.69. The van der Waals surface area contributed by atoms with Gasteiger partial charge in [-0.25, -0.2) is 17.5 Å². The van der Waals surface area contributed by atoms with Gasteiger partial charge < -0.3 is 5.32 Å². The minimum Gasteiger partial charge on any atom is -0.353 e. The number of carbonyl (C=O) groups is 1. The molecule has 122 valence electrons. The summed E-state index contributed by atoms with van der Waals surface area (Å²) >= 11 is 2.97. The first kappa shape index (κ1) is 16.9. The number of hydrogen-bond donors (Lipinski definition) is 2. The Labute approximate surface area is 134 Å². The van der Waals surface area contributed by atoms with Gasteiger partial charge in [0.1, 0.15) is 6.54 Å². The standard InChI is InChI=1S/C11H15BrN4O5S/c12-8-6-15(11(19)14-10(8)18)7-9(17)13-2-4-16-3-1-5-22(16,20)21/h6H,1-5,7H2,(H,13,17)(H,14,18,19). The molecule has 11 heteroatoms. The maximum absolute atomic E-state index is 11.7. The predicted octanol–water partition coefficient (Wildman–Crippen LogP) is -1.55. The van der Waals surface area contributed by atoms with E-state index >= 15 is 0 Å². The largest absolute Gasteiger partial charge is 0.353 e. The Bertz CT molecular complexity index is 784. The van der Waals surface area contributed by atoms with Crippen LogP contribution in [0.5, 0.6) is 0 Å². The van der Waals surface area contributed by atoms with Crippen molar-refractivity contribution in [3.63, 3.8) is 0 Å². The molecule has 0 bridgehead atoms. The summed E-state index contributed by atoms with van der Waals surface area (Å²) in [5, 5.41) is 2.55. The molecule has 2 heterocycles. The summed E-state index contributed by atoms with van der Waals surface area (Å²) in [5.41, 5.74) is -1.26. The van der Waals surface area contributed by atoms with Crippen molar-refractivity contribution in [1.82, 2.24) is 19.2 Å². The lowest BCUT2D eigenvalue weighted by atomic mass is 10.4. The summed E-state index contributed by atoms with van der Waals surface area (Å²) in [6, 6.07) is 0. The van der Waals surface area contributed by atoms with Crippen LogP contribution in [0, 0.1) is 0 Å². The number of hydrogen-bond acceptors (Lipinski definition) is 5. The Kier molecular flexibility index (Phi) is 5.19. The van der Waals surface area contributed by atoms with Crippen molar-refractivity contribution in [3.8, 4) is 0 Å². The van der Waals surface area contributed by atoms with Crippen LogP contribution in [0.15, 0.2) is 20.3 Å². The Morgan fingerprint density at radius 3 is 2.77 bits per heavy atom. The number of aromatic amines is 1. The minimum absolute atomic E-state index is 0.141. The number of amides is 1. The van der Waals surface area contributed by atoms with E-state index in [1.807, 2.05) is 0 Å². The van der Waals surface area contributed by atoms with Crippen LogP contribution < -0.4 is 16.6 Å². The molecule has 0 aromatic carbocycles. The summed E-state index contributed by atoms with van der Waals surface area (Å²) in [5.74, 6) is -0.306. The molecule has 1 aliphatic rings. The monoisotopic (exact) mass is 394 g/mol. The Morgan fingerprint density at radius 2 is 2.14 bits per heavy atom. The van der Waals surface area contributed by atoms with E-state index in [1.54, 1.807) is 0 Å². The number of H-pyrrole nitrogens is 1. The molecule has 0 unspecified atom stereocenters. The van der Waals surface area contributed by atoms with E-state index < -0.39 is 27.2 Å². The number of nitrogens with one attached hydrogen (secondary N) is 2. The third kappa shape index (κ3) is 4.05. The summed E-state index contributed by atoms with van der Waals surface area (Å²) in [7, 11) is -3.18. The molecule has 1 saturated heterocycles. The second-order valence-electron chi connectivity index (χ2n) is 4.78. The van der Waals surface area contributed by atoms with Crippen molar-refractivity contribution >= 4 is 31.9 Å². The zero-order valence-electron chi connectivity index (χ0n) is 11.5. The van der Waals surface area contributed by atoms with Gasteiger partial charge in [-0.15, -0.1) is 0 Å². The number of sulfonamides is 1. The van der Waals surface area contributed by atoms with Gasteiger partial charge in [0.15, 0.2) is 0 Å². The molecular formula is C11H15BrN4O5S. The molecule has 2 rings (SSSR count). The van der Waals surface area contributed by atoms with Gasteiger partial charge in [-0.3, -0.25) is 19.1 Å². The molecule has 0 saturated carbocycles. The van der Waals surface area contributed by atoms with Crippen LogP contribution in [0.25, 0.3) is 0 Å². The maximum Gasteiger partial charge on any atom is 0.328 e. The van der Waals surface area contributed by atoms with E-state index in [9.17, 15) is 22.8 Å². The molecule has 1 fully saturated rings. The first-order valence-corrected chi connectivity index (χ1v) is 8.93. The van der Waals surface area contributed by atoms with Crippen molar-refractivity contribution in [2.45, 2.75) is 13.0 Å². The highest BCUT2D eigenvalue weighted by Gasteiger charge is 2.27. The molecule has 0 atom stereocenters. The van der Waals surface area contributed by atoms with E-state index in [-0.39, 0.29) is 29.9 Å². The van der Waals surface area contributed by atoms with Gasteiger partial charge >= 0.3 is 5.69 Å². The quantitative estimate of drug-likeness (QED) is 0.626. The average molecular weight is 395 g/mol. The Hall–Kier alpha value is -1.46. The van der Waals surface area contributed by atoms with Crippen LogP contribution in [0.1, 0.15) is 6.42 Å². The van der Waals surface area contributed by atoms with Crippen molar-refractivity contribution in [2.75, 3.05) is 25.4 Å². The molecule has 22 heavy (non-hydrogen) atoms. The van der Waals surface area contributed by atoms with Crippen LogP contribution in [0.2, 0.25) is 0 Å². The minimum atomic E-state index is -3.18. The number of rotatable bonds is 5. The van der Waals surface area contributed by atoms with E-state index in [4.69, 9.17) is 0 Å². The fourth-order valence-electron chi connectivity index (χ4n) is 2.07. The topological polar surface area (TPSA) is 121 Å². The van der Waals surface area contributed by atoms with Crippen molar-refractivity contribution in [3.05, 3.63) is 31.5 Å². The molecule has 2 N–H and O–H groups in total. The summed E-state index contributed by atoms with van der Waals surface area (Å²) in [4.78, 5) is 36.5. The lowest BCUT2D eigenvalue weighted by Gasteiger charge is -2.14. The fourth-order valence-corrected chi connectivity index (χ4v) is 3.95. The van der Waals surface area contributed by atoms with Gasteiger partial charge in [-0.2, -0.15) is 0 Å². The van der Waals surface area contributed by atoms with Crippen LogP contribution in [0.3, 0.4) is 0 Å². The van der Waals surface area contributed by atoms with Gasteiger partial charge in [0.05, 0.1) is 10.2 Å². The second-order valence-corrected chi connectivity index (χ2v) is 7.73. The summed E-state index contributed by atoms with van der Waals surface area (Å²) in [6.45, 7) is 0.571. The molecule has 1 aromatic rings. The van der Waals surface area contributed by atoms with Crippen molar-refractivity contribution in [1.29, 1.82) is 0 Å². The summed E-state index contributed by atoms with van der Waals surface area (Å²) in [6.07, 6.45) is 1.82. The van der Waals surface area contributed by atoms with Gasteiger partial charge in [0, 0.05) is 25.8 Å². The lowest BCUT2D eigenvalue weighted by molar-refractivity contribution is -0.121. The second kappa shape index (κ2) is 6.75. The van der Waals surface area contributed by atoms with Gasteiger partial charge in [-0.05, 0) is 22.4 Å². The van der Waals surface area contributed by atoms with Gasteiger partial charge in [0.25, 0.3) is 5.56 Å². The van der Waals surface area contributed by atoms with E-state index in [0.29, 0.717) is 13.0 Å². The normalized spacial score (nSPS) is 17.5. The van der Waals surface area contributed by atoms with Crippen LogP contribution in [0.4, 0.5) is 0 Å². The Morgan fingerprint density at radius 1 is 1.41 bits per heavy atom. The van der Waals surface area contributed by atoms with E-state index in [2.05, 4.69) is 26.2 Å².